The van der Waals surface area contributed by atoms with Crippen LogP contribution in [0, 0.1) is 0 Å². The van der Waals surface area contributed by atoms with Crippen molar-refractivity contribution < 1.29 is 4.79 Å². The zero-order valence-electron chi connectivity index (χ0n) is 12.0. The minimum atomic E-state index is 0.254. The van der Waals surface area contributed by atoms with Crippen LogP contribution in [0.2, 0.25) is 0 Å². The summed E-state index contributed by atoms with van der Waals surface area (Å²) < 4.78 is 0. The Morgan fingerprint density at radius 2 is 2.14 bits per heavy atom. The molecule has 1 aromatic rings. The van der Waals surface area contributed by atoms with Crippen molar-refractivity contribution >= 4 is 23.3 Å². The molecule has 1 aliphatic heterocycles. The Bertz CT molecular complexity index is 602. The minimum Gasteiger partial charge on any atom is -0.383 e. The van der Waals surface area contributed by atoms with Gasteiger partial charge in [-0.05, 0) is 30.7 Å². The molecule has 0 aromatic carbocycles. The molecule has 21 heavy (non-hydrogen) atoms. The zero-order chi connectivity index (χ0) is 14.2. The van der Waals surface area contributed by atoms with Crippen molar-refractivity contribution in [3.8, 4) is 0 Å². The molecule has 1 fully saturated rings. The highest BCUT2D eigenvalue weighted by Gasteiger charge is 2.33. The van der Waals surface area contributed by atoms with E-state index >= 15 is 0 Å². The largest absolute Gasteiger partial charge is 0.383 e. The Kier molecular flexibility index (Phi) is 3.42. The zero-order valence-corrected chi connectivity index (χ0v) is 12.9. The van der Waals surface area contributed by atoms with E-state index in [0.717, 1.165) is 24.1 Å². The molecule has 1 N–H and O–H groups in total. The number of allylic oxidation sites excluding steroid dienone is 2. The smallest absolute Gasteiger partial charge is 0.166 e. The number of ketones is 1. The van der Waals surface area contributed by atoms with Crippen molar-refractivity contribution in [1.29, 1.82) is 0 Å². The van der Waals surface area contributed by atoms with Crippen LogP contribution in [0.4, 0.5) is 0 Å². The molecule has 0 saturated heterocycles. The summed E-state index contributed by atoms with van der Waals surface area (Å²) in [7, 11) is 0. The molecular weight excluding hydrogens is 280 g/mol. The lowest BCUT2D eigenvalue weighted by Gasteiger charge is -2.32. The molecule has 0 amide bonds. The van der Waals surface area contributed by atoms with Gasteiger partial charge in [0.15, 0.2) is 5.78 Å². The second-order valence-corrected chi connectivity index (χ2v) is 7.30. The lowest BCUT2D eigenvalue weighted by atomic mass is 9.85. The lowest BCUT2D eigenvalue weighted by molar-refractivity contribution is -0.115. The van der Waals surface area contributed by atoms with Crippen LogP contribution in [0.5, 0.6) is 0 Å². The number of hydrogen-bond donors (Lipinski definition) is 1. The molecule has 0 spiro atoms. The van der Waals surface area contributed by atoms with Crippen molar-refractivity contribution in [3.63, 3.8) is 0 Å². The van der Waals surface area contributed by atoms with E-state index in [9.17, 15) is 4.79 Å². The van der Waals surface area contributed by atoms with Gasteiger partial charge in [0.25, 0.3) is 0 Å². The number of rotatable bonds is 1. The molecule has 1 aromatic heterocycles. The number of fused-ring (bicyclic) bond motifs is 1. The maximum Gasteiger partial charge on any atom is 0.166 e. The van der Waals surface area contributed by atoms with E-state index in [1.165, 1.54) is 24.1 Å². The second kappa shape index (κ2) is 5.41. The third-order valence-corrected chi connectivity index (χ3v) is 5.97. The van der Waals surface area contributed by atoms with Crippen molar-refractivity contribution in [2.75, 3.05) is 0 Å². The number of carbonyl (C=O) groups excluding carboxylic acids is 1. The quantitative estimate of drug-likeness (QED) is 0.863. The van der Waals surface area contributed by atoms with Crippen LogP contribution >= 0.6 is 11.3 Å². The molecular formula is C17H20N2OS. The summed E-state index contributed by atoms with van der Waals surface area (Å²) in [6.45, 7) is 0. The molecule has 1 saturated carbocycles. The highest BCUT2D eigenvalue weighted by atomic mass is 32.1. The van der Waals surface area contributed by atoms with E-state index in [4.69, 9.17) is 4.99 Å². The monoisotopic (exact) mass is 300 g/mol. The summed E-state index contributed by atoms with van der Waals surface area (Å²) in [6, 6.07) is 5.02. The molecule has 110 valence electrons. The van der Waals surface area contributed by atoms with Crippen LogP contribution in [-0.2, 0) is 4.79 Å². The average Bonchev–Trinajstić information content (AvgIpc) is 2.95. The first-order valence-corrected chi connectivity index (χ1v) is 8.78. The Labute approximate surface area is 129 Å². The third-order valence-electron chi connectivity index (χ3n) is 4.94. The molecule has 3 atom stereocenters. The average molecular weight is 300 g/mol. The lowest BCUT2D eigenvalue weighted by Crippen LogP contribution is -2.41. The normalized spacial score (nSPS) is 32.2. The number of thiophene rings is 1. The van der Waals surface area contributed by atoms with E-state index in [0.29, 0.717) is 24.4 Å². The standard InChI is InChI=1S/C17H20N2OS/c20-16-9-11(17-6-3-7-21-17)8-15-12(16)10-18-13-4-1-2-5-14(13)19-15/h3,6-7,10-11,13-14,19H,1-2,4-5,8-9H2/t11-,13+,14-/m1/s1. The number of hydrogen-bond acceptors (Lipinski definition) is 4. The van der Waals surface area contributed by atoms with Crippen molar-refractivity contribution in [2.24, 2.45) is 4.99 Å². The van der Waals surface area contributed by atoms with E-state index in [1.807, 2.05) is 6.21 Å². The summed E-state index contributed by atoms with van der Waals surface area (Å²) >= 11 is 1.76. The molecule has 2 heterocycles. The number of Topliss-reactive ketones (excluding diaryl/α,β-unsaturated/α-hetero) is 1. The molecule has 4 heteroatoms. The summed E-state index contributed by atoms with van der Waals surface area (Å²) in [5.74, 6) is 0.599. The highest BCUT2D eigenvalue weighted by Crippen LogP contribution is 2.37. The Morgan fingerprint density at radius 1 is 1.24 bits per heavy atom. The Balaban J connectivity index is 1.63. The molecule has 0 radical (unpaired) electrons. The summed E-state index contributed by atoms with van der Waals surface area (Å²) in [4.78, 5) is 18.5. The van der Waals surface area contributed by atoms with Gasteiger partial charge < -0.3 is 5.32 Å². The molecule has 3 nitrogen and oxygen atoms in total. The minimum absolute atomic E-state index is 0.254. The van der Waals surface area contributed by atoms with Gasteiger partial charge in [-0.2, -0.15) is 0 Å². The molecule has 2 aliphatic carbocycles. The van der Waals surface area contributed by atoms with Gasteiger partial charge in [-0.15, -0.1) is 11.3 Å². The van der Waals surface area contributed by atoms with Crippen LogP contribution in [0.1, 0.15) is 49.3 Å². The van der Waals surface area contributed by atoms with Gasteiger partial charge in [0, 0.05) is 35.2 Å². The van der Waals surface area contributed by atoms with Crippen LogP contribution in [-0.4, -0.2) is 24.1 Å². The van der Waals surface area contributed by atoms with Gasteiger partial charge in [-0.3, -0.25) is 9.79 Å². The second-order valence-electron chi connectivity index (χ2n) is 6.32. The van der Waals surface area contributed by atoms with Gasteiger partial charge in [0.2, 0.25) is 0 Å². The molecule has 0 unspecified atom stereocenters. The topological polar surface area (TPSA) is 41.5 Å². The predicted molar refractivity (Wildman–Crippen MR) is 86.0 cm³/mol. The van der Waals surface area contributed by atoms with Crippen molar-refractivity contribution in [1.82, 2.24) is 5.32 Å². The predicted octanol–water partition coefficient (Wildman–Crippen LogP) is 3.43. The maximum absolute atomic E-state index is 12.5. The van der Waals surface area contributed by atoms with E-state index in [-0.39, 0.29) is 5.78 Å². The van der Waals surface area contributed by atoms with E-state index < -0.39 is 0 Å². The van der Waals surface area contributed by atoms with Crippen LogP contribution in [0.3, 0.4) is 0 Å². The molecule has 0 bridgehead atoms. The number of nitrogens with one attached hydrogen (secondary N) is 1. The molecule has 3 aliphatic rings. The van der Waals surface area contributed by atoms with E-state index in [1.54, 1.807) is 11.3 Å². The fourth-order valence-corrected chi connectivity index (χ4v) is 4.62. The van der Waals surface area contributed by atoms with Gasteiger partial charge in [0.05, 0.1) is 11.6 Å². The first-order valence-electron chi connectivity index (χ1n) is 7.91. The van der Waals surface area contributed by atoms with Gasteiger partial charge in [-0.25, -0.2) is 0 Å². The van der Waals surface area contributed by atoms with Gasteiger partial charge >= 0.3 is 0 Å². The fraction of sp³-hybridized carbons (Fsp3) is 0.529. The first kappa shape index (κ1) is 13.3. The maximum atomic E-state index is 12.5. The Hall–Kier alpha value is -1.42. The first-order chi connectivity index (χ1) is 10.3. The van der Waals surface area contributed by atoms with Crippen LogP contribution in [0.15, 0.2) is 33.8 Å². The van der Waals surface area contributed by atoms with Gasteiger partial charge in [0.1, 0.15) is 0 Å². The van der Waals surface area contributed by atoms with E-state index in [2.05, 4.69) is 22.8 Å². The number of carbonyl (C=O) groups is 1. The van der Waals surface area contributed by atoms with Crippen molar-refractivity contribution in [3.05, 3.63) is 33.7 Å². The summed E-state index contributed by atoms with van der Waals surface area (Å²) in [5, 5.41) is 5.78. The number of aliphatic imine (C=N–C) groups is 1. The van der Waals surface area contributed by atoms with Crippen LogP contribution in [0.25, 0.3) is 0 Å². The highest BCUT2D eigenvalue weighted by molar-refractivity contribution is 7.10. The summed E-state index contributed by atoms with van der Waals surface area (Å²) in [6.07, 6.45) is 8.31. The number of nitrogens with zero attached hydrogens (tertiary/aromatic N) is 1. The van der Waals surface area contributed by atoms with Crippen LogP contribution < -0.4 is 5.32 Å². The molecule has 4 rings (SSSR count). The SMILES string of the molecule is O=C1C[C@H](c2cccs2)CC2=C1C=N[C@H]1CCCC[C@H]1N2. The third kappa shape index (κ3) is 2.46. The summed E-state index contributed by atoms with van der Waals surface area (Å²) in [5.41, 5.74) is 1.99. The fourth-order valence-electron chi connectivity index (χ4n) is 3.79. The Morgan fingerprint density at radius 3 is 3.00 bits per heavy atom. The van der Waals surface area contributed by atoms with Crippen molar-refractivity contribution in [2.45, 2.75) is 56.5 Å². The van der Waals surface area contributed by atoms with Gasteiger partial charge in [-0.1, -0.05) is 18.9 Å².